The molecule has 0 saturated carbocycles. The maximum Gasteiger partial charge on any atom is 0.217 e. The van der Waals surface area contributed by atoms with Crippen molar-refractivity contribution in [2.24, 2.45) is 0 Å². The summed E-state index contributed by atoms with van der Waals surface area (Å²) in [5.74, 6) is 0.0370. The maximum atomic E-state index is 10.1. The van der Waals surface area contributed by atoms with Crippen LogP contribution >= 0.6 is 0 Å². The number of nitrogens with one attached hydrogen (secondary N) is 1. The number of hydrogen-bond donors (Lipinski definition) is 1. The zero-order chi connectivity index (χ0) is 5.86. The summed E-state index contributed by atoms with van der Waals surface area (Å²) in [6.07, 6.45) is 0. The summed E-state index contributed by atoms with van der Waals surface area (Å²) >= 11 is 0. The molecule has 0 aromatic carbocycles. The molecule has 2 nitrogen and oxygen atoms in total. The van der Waals surface area contributed by atoms with Crippen LogP contribution in [0.15, 0.2) is 0 Å². The van der Waals surface area contributed by atoms with Gasteiger partial charge in [0.05, 0.1) is 0 Å². The summed E-state index contributed by atoms with van der Waals surface area (Å²) in [5, 5.41) is 2.67. The van der Waals surface area contributed by atoms with E-state index >= 15 is 0 Å². The Bertz CT molecular complexity index is 68.9. The molecule has 0 unspecified atom stereocenters. The maximum absolute atomic E-state index is 10.1. The molecular formula is C6H15NO. The molecule has 1 N–H and O–H groups in total. The van der Waals surface area contributed by atoms with Crippen LogP contribution in [0.4, 0.5) is 0 Å². The van der Waals surface area contributed by atoms with Crippen LogP contribution in [0, 0.1) is 0 Å². The fourth-order valence-electron chi connectivity index (χ4n) is 0.407. The molecule has 0 radical (unpaired) electrons. The van der Waals surface area contributed by atoms with Crippen molar-refractivity contribution in [3.05, 3.63) is 0 Å². The summed E-state index contributed by atoms with van der Waals surface area (Å²) in [7, 11) is 0. The highest BCUT2D eigenvalue weighted by molar-refractivity contribution is 5.73. The molecule has 0 aromatic rings. The lowest BCUT2D eigenvalue weighted by Gasteiger charge is -2.02. The highest BCUT2D eigenvalue weighted by Gasteiger charge is 1.90. The Morgan fingerprint density at radius 1 is 1.50 bits per heavy atom. The molecule has 1 amide bonds. The summed E-state index contributed by atoms with van der Waals surface area (Å²) in [6.45, 7) is 5.38. The van der Waals surface area contributed by atoms with E-state index in [-0.39, 0.29) is 19.4 Å². The summed E-state index contributed by atoms with van der Waals surface area (Å²) in [6, 6.07) is 0.275. The molecule has 0 aromatic heterocycles. The van der Waals surface area contributed by atoms with E-state index in [1.807, 2.05) is 13.8 Å². The van der Waals surface area contributed by atoms with Gasteiger partial charge >= 0.3 is 0 Å². The molecule has 0 aliphatic rings. The average molecular weight is 117 g/mol. The minimum Gasteiger partial charge on any atom is -0.354 e. The molecule has 0 spiro atoms. The third-order valence-electron chi connectivity index (χ3n) is 0.492. The monoisotopic (exact) mass is 117 g/mol. The number of amides is 1. The van der Waals surface area contributed by atoms with E-state index in [2.05, 4.69) is 5.32 Å². The molecule has 0 aliphatic carbocycles. The quantitative estimate of drug-likeness (QED) is 0.548. The third kappa shape index (κ3) is 9.08. The van der Waals surface area contributed by atoms with Gasteiger partial charge in [0.1, 0.15) is 0 Å². The van der Waals surface area contributed by atoms with E-state index in [1.54, 1.807) is 0 Å². The minimum atomic E-state index is 0. The van der Waals surface area contributed by atoms with E-state index < -0.39 is 0 Å². The molecule has 0 rings (SSSR count). The van der Waals surface area contributed by atoms with E-state index in [9.17, 15) is 4.79 Å². The Hall–Kier alpha value is -0.530. The zero-order valence-corrected chi connectivity index (χ0v) is 4.99. The van der Waals surface area contributed by atoms with Crippen molar-refractivity contribution in [3.8, 4) is 0 Å². The van der Waals surface area contributed by atoms with Gasteiger partial charge in [-0.1, -0.05) is 7.43 Å². The zero-order valence-electron chi connectivity index (χ0n) is 4.99. The average Bonchev–Trinajstić information content (AvgIpc) is 1.27. The number of carbonyl (C=O) groups excluding carboxylic acids is 1. The van der Waals surface area contributed by atoms with Gasteiger partial charge in [0.15, 0.2) is 0 Å². The SMILES string of the molecule is C.CC(=O)NC(C)C. The molecule has 0 fully saturated rings. The van der Waals surface area contributed by atoms with Crippen LogP contribution in [-0.4, -0.2) is 11.9 Å². The van der Waals surface area contributed by atoms with Gasteiger partial charge in [-0.05, 0) is 13.8 Å². The van der Waals surface area contributed by atoms with E-state index in [1.165, 1.54) is 6.92 Å². The molecule has 0 bridgehead atoms. The highest BCUT2D eigenvalue weighted by Crippen LogP contribution is 1.72. The molecule has 50 valence electrons. The highest BCUT2D eigenvalue weighted by atomic mass is 16.1. The van der Waals surface area contributed by atoms with Crippen LogP contribution in [-0.2, 0) is 4.79 Å². The van der Waals surface area contributed by atoms with Crippen molar-refractivity contribution in [1.29, 1.82) is 0 Å². The molecule has 0 atom stereocenters. The van der Waals surface area contributed by atoms with Crippen LogP contribution < -0.4 is 5.32 Å². The van der Waals surface area contributed by atoms with Crippen molar-refractivity contribution < 1.29 is 4.79 Å². The van der Waals surface area contributed by atoms with Crippen LogP contribution in [0.1, 0.15) is 28.2 Å². The van der Waals surface area contributed by atoms with Gasteiger partial charge in [0.25, 0.3) is 0 Å². The molecule has 0 heterocycles. The summed E-state index contributed by atoms with van der Waals surface area (Å²) in [5.41, 5.74) is 0. The summed E-state index contributed by atoms with van der Waals surface area (Å²) < 4.78 is 0. The van der Waals surface area contributed by atoms with E-state index in [0.29, 0.717) is 0 Å². The predicted molar refractivity (Wildman–Crippen MR) is 35.7 cm³/mol. The Morgan fingerprint density at radius 2 is 1.88 bits per heavy atom. The lowest BCUT2D eigenvalue weighted by atomic mass is 10.4. The lowest BCUT2D eigenvalue weighted by molar-refractivity contribution is -0.119. The first kappa shape index (κ1) is 10.5. The van der Waals surface area contributed by atoms with Crippen LogP contribution in [0.25, 0.3) is 0 Å². The molecule has 0 saturated heterocycles. The van der Waals surface area contributed by atoms with Gasteiger partial charge in [-0.15, -0.1) is 0 Å². The first-order valence-electron chi connectivity index (χ1n) is 2.40. The number of hydrogen-bond acceptors (Lipinski definition) is 1. The minimum absolute atomic E-state index is 0. The topological polar surface area (TPSA) is 29.1 Å². The number of carbonyl (C=O) groups is 1. The van der Waals surface area contributed by atoms with Gasteiger partial charge in [0, 0.05) is 13.0 Å². The second-order valence-corrected chi connectivity index (χ2v) is 1.86. The fourth-order valence-corrected chi connectivity index (χ4v) is 0.407. The third-order valence-corrected chi connectivity index (χ3v) is 0.492. The van der Waals surface area contributed by atoms with Gasteiger partial charge in [-0.3, -0.25) is 4.79 Å². The van der Waals surface area contributed by atoms with Crippen molar-refractivity contribution in [2.45, 2.75) is 34.2 Å². The van der Waals surface area contributed by atoms with Crippen molar-refractivity contribution in [3.63, 3.8) is 0 Å². The Labute approximate surface area is 51.3 Å². The van der Waals surface area contributed by atoms with Crippen LogP contribution in [0.2, 0.25) is 0 Å². The van der Waals surface area contributed by atoms with E-state index in [0.717, 1.165) is 0 Å². The van der Waals surface area contributed by atoms with Crippen molar-refractivity contribution in [1.82, 2.24) is 5.32 Å². The summed E-state index contributed by atoms with van der Waals surface area (Å²) in [4.78, 5) is 10.1. The van der Waals surface area contributed by atoms with Gasteiger partial charge in [0.2, 0.25) is 5.91 Å². The predicted octanol–water partition coefficient (Wildman–Crippen LogP) is 1.17. The normalized spacial score (nSPS) is 8.00. The second kappa shape index (κ2) is 4.62. The van der Waals surface area contributed by atoms with Gasteiger partial charge in [-0.2, -0.15) is 0 Å². The smallest absolute Gasteiger partial charge is 0.217 e. The first-order valence-corrected chi connectivity index (χ1v) is 2.40. The lowest BCUT2D eigenvalue weighted by Crippen LogP contribution is -2.27. The second-order valence-electron chi connectivity index (χ2n) is 1.86. The Kier molecular flexibility index (Phi) is 6.04. The Balaban J connectivity index is 0. The van der Waals surface area contributed by atoms with Crippen molar-refractivity contribution >= 4 is 5.91 Å². The standard InChI is InChI=1S/C5H11NO.CH4/c1-4(2)6-5(3)7;/h4H,1-3H3,(H,6,7);1H4. The van der Waals surface area contributed by atoms with Gasteiger partial charge < -0.3 is 5.32 Å². The van der Waals surface area contributed by atoms with Crippen LogP contribution in [0.3, 0.4) is 0 Å². The number of rotatable bonds is 1. The fraction of sp³-hybridized carbons (Fsp3) is 0.833. The van der Waals surface area contributed by atoms with Crippen molar-refractivity contribution in [2.75, 3.05) is 0 Å². The largest absolute Gasteiger partial charge is 0.354 e. The molecule has 0 aliphatic heterocycles. The van der Waals surface area contributed by atoms with Crippen LogP contribution in [0.5, 0.6) is 0 Å². The van der Waals surface area contributed by atoms with E-state index in [4.69, 9.17) is 0 Å². The van der Waals surface area contributed by atoms with Gasteiger partial charge in [-0.25, -0.2) is 0 Å². The molecule has 2 heteroatoms. The molecule has 8 heavy (non-hydrogen) atoms. The first-order chi connectivity index (χ1) is 3.13. The molecular weight excluding hydrogens is 102 g/mol. The Morgan fingerprint density at radius 3 is 1.88 bits per heavy atom.